The topological polar surface area (TPSA) is 4.93 Å². The summed E-state index contributed by atoms with van der Waals surface area (Å²) in [4.78, 5) is 0. The maximum atomic E-state index is 3.19. The molecule has 0 unspecified atom stereocenters. The molecule has 1 aliphatic rings. The second kappa shape index (κ2) is 11.1. The van der Waals surface area contributed by atoms with Gasteiger partial charge in [-0.1, -0.05) is 31.2 Å². The molecule has 1 nitrogen and oxygen atoms in total. The maximum absolute atomic E-state index is 3.19. The third-order valence-electron chi connectivity index (χ3n) is 5.66. The van der Waals surface area contributed by atoms with Gasteiger partial charge in [0, 0.05) is 11.1 Å². The van der Waals surface area contributed by atoms with Crippen LogP contribution in [-0.2, 0) is 21.7 Å². The zero-order chi connectivity index (χ0) is 19.0. The Morgan fingerprint density at radius 3 is 2.17 bits per heavy atom. The van der Waals surface area contributed by atoms with Crippen LogP contribution in [0.5, 0.6) is 0 Å². The first-order valence-corrected chi connectivity index (χ1v) is 9.53. The van der Waals surface area contributed by atoms with E-state index < -0.39 is 0 Å². The van der Waals surface area contributed by atoms with E-state index in [0.717, 1.165) is 6.42 Å². The van der Waals surface area contributed by atoms with E-state index in [9.17, 15) is 0 Å². The van der Waals surface area contributed by atoms with E-state index in [2.05, 4.69) is 105 Å². The fourth-order valence-corrected chi connectivity index (χ4v) is 3.77. The minimum atomic E-state index is 0. The van der Waals surface area contributed by atoms with E-state index in [0.29, 0.717) is 0 Å². The van der Waals surface area contributed by atoms with E-state index in [1.165, 1.54) is 49.8 Å². The van der Waals surface area contributed by atoms with Gasteiger partial charge in [-0.15, -0.1) is 54.4 Å². The van der Waals surface area contributed by atoms with Gasteiger partial charge in [-0.05, 0) is 31.2 Å². The van der Waals surface area contributed by atoms with E-state index >= 15 is 0 Å². The normalized spacial score (nSPS) is 12.1. The van der Waals surface area contributed by atoms with Gasteiger partial charge < -0.3 is 29.4 Å². The van der Waals surface area contributed by atoms with Gasteiger partial charge in [-0.25, -0.2) is 11.1 Å². The van der Waals surface area contributed by atoms with Crippen LogP contribution in [0.2, 0.25) is 0 Å². The Morgan fingerprint density at radius 2 is 1.57 bits per heavy atom. The third kappa shape index (κ3) is 4.98. The van der Waals surface area contributed by atoms with Crippen molar-refractivity contribution in [3.8, 4) is 5.69 Å². The fraction of sp³-hybridized carbons (Fsp3) is 0.192. The van der Waals surface area contributed by atoms with E-state index in [1.54, 1.807) is 0 Å². The van der Waals surface area contributed by atoms with Crippen LogP contribution in [0, 0.1) is 19.9 Å². The van der Waals surface area contributed by atoms with Crippen molar-refractivity contribution >= 4 is 21.7 Å². The van der Waals surface area contributed by atoms with Gasteiger partial charge >= 0.3 is 21.7 Å². The van der Waals surface area contributed by atoms with Crippen LogP contribution in [-0.4, -0.2) is 4.57 Å². The Balaban J connectivity index is 0.000000391. The minimum Gasteiger partial charge on any atom is -1.00 e. The fourth-order valence-electron chi connectivity index (χ4n) is 3.77. The summed E-state index contributed by atoms with van der Waals surface area (Å²) in [5.41, 5.74) is 7.94. The number of halogens is 2. The minimum absolute atomic E-state index is 0. The maximum Gasteiger partial charge on any atom is 4.00 e. The Labute approximate surface area is 206 Å². The number of aromatic nitrogens is 1. The van der Waals surface area contributed by atoms with Crippen molar-refractivity contribution in [3.63, 3.8) is 0 Å². The van der Waals surface area contributed by atoms with Crippen molar-refractivity contribution in [2.24, 2.45) is 0 Å². The van der Waals surface area contributed by atoms with Crippen LogP contribution < -0.4 is 24.8 Å². The molecule has 1 heterocycles. The molecule has 1 aromatic heterocycles. The van der Waals surface area contributed by atoms with Gasteiger partial charge in [-0.2, -0.15) is 6.08 Å². The first-order chi connectivity index (χ1) is 13.1. The molecule has 5 rings (SSSR count). The number of aryl methyl sites for hydroxylation is 1. The summed E-state index contributed by atoms with van der Waals surface area (Å²) in [6.07, 6.45) is 6.41. The second-order valence-corrected chi connectivity index (χ2v) is 7.30. The Kier molecular flexibility index (Phi) is 9.78. The Bertz CT molecular complexity index is 1150. The van der Waals surface area contributed by atoms with Gasteiger partial charge in [0.25, 0.3) is 0 Å². The molecule has 0 atom stereocenters. The van der Waals surface area contributed by atoms with Crippen LogP contribution in [0.1, 0.15) is 31.5 Å². The summed E-state index contributed by atoms with van der Waals surface area (Å²) in [5.74, 6) is 0. The van der Waals surface area contributed by atoms with Crippen molar-refractivity contribution in [1.82, 2.24) is 4.57 Å². The molecule has 4 aromatic rings. The number of hydrogen-bond donors (Lipinski definition) is 0. The van der Waals surface area contributed by atoms with E-state index in [-0.39, 0.29) is 46.5 Å². The van der Waals surface area contributed by atoms with E-state index in [1.807, 2.05) is 0 Å². The molecule has 0 radical (unpaired) electrons. The quantitative estimate of drug-likeness (QED) is 0.291. The molecular formula is C26H25Cl2NTi. The van der Waals surface area contributed by atoms with Crippen molar-refractivity contribution in [2.45, 2.75) is 34.1 Å². The summed E-state index contributed by atoms with van der Waals surface area (Å²) in [6, 6.07) is 21.7. The van der Waals surface area contributed by atoms with Crippen LogP contribution in [0.25, 0.3) is 27.4 Å². The molecule has 0 saturated carbocycles. The summed E-state index contributed by atoms with van der Waals surface area (Å²) < 4.78 is 2.37. The zero-order valence-corrected chi connectivity index (χ0v) is 20.8. The molecule has 0 saturated heterocycles. The van der Waals surface area contributed by atoms with Crippen molar-refractivity contribution in [2.75, 3.05) is 0 Å². The van der Waals surface area contributed by atoms with Crippen LogP contribution in [0.4, 0.5) is 0 Å². The molecule has 0 fully saturated rings. The summed E-state index contributed by atoms with van der Waals surface area (Å²) in [5, 5.41) is 3.95. The Hall–Kier alpha value is -1.64. The number of rotatable bonds is 1. The van der Waals surface area contributed by atoms with Crippen molar-refractivity contribution < 1.29 is 46.5 Å². The number of para-hydroxylation sites is 1. The summed E-state index contributed by atoms with van der Waals surface area (Å²) >= 11 is 0. The van der Waals surface area contributed by atoms with Crippen molar-refractivity contribution in [1.29, 1.82) is 0 Å². The van der Waals surface area contributed by atoms with Gasteiger partial charge in [0.1, 0.15) is 0 Å². The molecule has 0 aliphatic heterocycles. The summed E-state index contributed by atoms with van der Waals surface area (Å²) in [6.45, 7) is 8.62. The smallest absolute Gasteiger partial charge is 1.00 e. The zero-order valence-electron chi connectivity index (χ0n) is 17.8. The molecule has 152 valence electrons. The molecule has 1 aliphatic carbocycles. The largest absolute Gasteiger partial charge is 4.00 e. The van der Waals surface area contributed by atoms with Crippen LogP contribution >= 0.6 is 0 Å². The first kappa shape index (κ1) is 26.4. The number of nitrogens with zero attached hydrogens (tertiary/aromatic N) is 1. The molecule has 3 aromatic carbocycles. The molecule has 30 heavy (non-hydrogen) atoms. The molecule has 0 amide bonds. The average molecular weight is 470 g/mol. The third-order valence-corrected chi connectivity index (χ3v) is 5.66. The molecule has 4 heteroatoms. The van der Waals surface area contributed by atoms with E-state index in [4.69, 9.17) is 0 Å². The van der Waals surface area contributed by atoms with Crippen LogP contribution in [0.3, 0.4) is 0 Å². The van der Waals surface area contributed by atoms with Gasteiger partial charge in [-0.3, -0.25) is 6.08 Å². The average Bonchev–Trinajstić information content (AvgIpc) is 3.34. The van der Waals surface area contributed by atoms with Gasteiger partial charge in [0.05, 0.1) is 5.52 Å². The second-order valence-electron chi connectivity index (χ2n) is 7.30. The number of allylic oxidation sites excluding steroid dienone is 4. The molecule has 0 bridgehead atoms. The monoisotopic (exact) mass is 469 g/mol. The summed E-state index contributed by atoms with van der Waals surface area (Å²) in [7, 11) is 0. The SMILES string of the molecule is CC1=[C-]CC=C1C.Cc1c(C)n(-c2cc3ccccc3[cH-]2)c2ccccc12.[Cl-].[Cl-].[Ti+4]. The number of fused-ring (bicyclic) bond motifs is 2. The first-order valence-electron chi connectivity index (χ1n) is 9.53. The number of benzene rings is 2. The predicted molar refractivity (Wildman–Crippen MR) is 117 cm³/mol. The molecular weight excluding hydrogens is 445 g/mol. The molecule has 0 N–H and O–H groups in total. The predicted octanol–water partition coefficient (Wildman–Crippen LogP) is 1.21. The Morgan fingerprint density at radius 1 is 0.900 bits per heavy atom. The van der Waals surface area contributed by atoms with Crippen LogP contribution in [0.15, 0.2) is 77.9 Å². The van der Waals surface area contributed by atoms with Gasteiger partial charge in [0.2, 0.25) is 0 Å². The molecule has 0 spiro atoms. The number of hydrogen-bond acceptors (Lipinski definition) is 0. The standard InChI is InChI=1S/C19H16N.C7H9.2ClH.Ti/c1-13-14(2)20(19-10-6-5-9-18(13)19)17-11-15-7-3-4-8-16(15)12-17;1-6-4-3-5-7(6)2;;;/h3-12H,1-2H3;4H,3H2,1-2H3;2*1H;/q2*-1;;;+4/p-2. The van der Waals surface area contributed by atoms with Gasteiger partial charge in [0.15, 0.2) is 0 Å². The van der Waals surface area contributed by atoms with Crippen molar-refractivity contribution in [3.05, 3.63) is 95.2 Å².